The Morgan fingerprint density at radius 3 is 2.95 bits per heavy atom. The van der Waals surface area contributed by atoms with Crippen LogP contribution in [0.1, 0.15) is 57.2 Å². The number of ether oxygens (including phenoxy) is 1. The monoisotopic (exact) mass is 261 g/mol. The molecule has 0 saturated carbocycles. The quantitative estimate of drug-likeness (QED) is 0.832. The van der Waals surface area contributed by atoms with Gasteiger partial charge < -0.3 is 10.1 Å². The second kappa shape index (κ2) is 6.95. The van der Waals surface area contributed by atoms with Gasteiger partial charge in [-0.25, -0.2) is 0 Å². The van der Waals surface area contributed by atoms with Crippen LogP contribution in [0, 0.1) is 5.92 Å². The van der Waals surface area contributed by atoms with Crippen LogP contribution in [0.4, 0.5) is 0 Å². The van der Waals surface area contributed by atoms with Crippen molar-refractivity contribution in [2.45, 2.75) is 52.5 Å². The molecule has 1 aliphatic rings. The summed E-state index contributed by atoms with van der Waals surface area (Å²) < 4.78 is 5.86. The molecule has 1 aromatic rings. The van der Waals surface area contributed by atoms with Crippen LogP contribution in [0.3, 0.4) is 0 Å². The van der Waals surface area contributed by atoms with Gasteiger partial charge in [0, 0.05) is 6.04 Å². The number of aryl methyl sites for hydroxylation is 1. The zero-order chi connectivity index (χ0) is 13.7. The molecule has 0 saturated heterocycles. The van der Waals surface area contributed by atoms with E-state index in [0.29, 0.717) is 12.0 Å². The molecule has 0 spiro atoms. The van der Waals surface area contributed by atoms with E-state index in [1.54, 1.807) is 0 Å². The summed E-state index contributed by atoms with van der Waals surface area (Å²) in [5.41, 5.74) is 2.96. The highest BCUT2D eigenvalue weighted by Crippen LogP contribution is 2.32. The van der Waals surface area contributed by atoms with Crippen molar-refractivity contribution in [3.8, 4) is 5.75 Å². The predicted octanol–water partition coefficient (Wildman–Crippen LogP) is 4.10. The van der Waals surface area contributed by atoms with Gasteiger partial charge in [0.2, 0.25) is 0 Å². The molecule has 2 rings (SSSR count). The fourth-order valence-electron chi connectivity index (χ4n) is 2.66. The first-order valence-electron chi connectivity index (χ1n) is 7.69. The Balaban J connectivity index is 2.10. The van der Waals surface area contributed by atoms with Crippen LogP contribution in [-0.2, 0) is 6.42 Å². The van der Waals surface area contributed by atoms with Gasteiger partial charge in [0.15, 0.2) is 0 Å². The van der Waals surface area contributed by atoms with Gasteiger partial charge in [-0.15, -0.1) is 0 Å². The van der Waals surface area contributed by atoms with E-state index >= 15 is 0 Å². The van der Waals surface area contributed by atoms with Gasteiger partial charge in [-0.3, -0.25) is 0 Å². The normalized spacial score (nSPS) is 18.4. The standard InChI is InChI=1S/C17H27NO/c1-4-10-18-17-7-5-6-14-8-9-15(11-16(14)17)19-12-13(2)3/h8-9,11,13,17-18H,4-7,10,12H2,1-3H3. The molecule has 0 bridgehead atoms. The second-order valence-corrected chi connectivity index (χ2v) is 5.96. The van der Waals surface area contributed by atoms with Crippen molar-refractivity contribution < 1.29 is 4.74 Å². The first kappa shape index (κ1) is 14.4. The van der Waals surface area contributed by atoms with Crippen molar-refractivity contribution in [2.75, 3.05) is 13.2 Å². The molecular weight excluding hydrogens is 234 g/mol. The van der Waals surface area contributed by atoms with Gasteiger partial charge in [0.05, 0.1) is 6.61 Å². The SMILES string of the molecule is CCCNC1CCCc2ccc(OCC(C)C)cc21. The van der Waals surface area contributed by atoms with E-state index in [4.69, 9.17) is 4.74 Å². The molecular formula is C17H27NO. The molecule has 1 unspecified atom stereocenters. The van der Waals surface area contributed by atoms with Gasteiger partial charge in [-0.05, 0) is 61.4 Å². The van der Waals surface area contributed by atoms with E-state index in [0.717, 1.165) is 18.9 Å². The van der Waals surface area contributed by atoms with Gasteiger partial charge in [-0.1, -0.05) is 26.8 Å². The highest BCUT2D eigenvalue weighted by Gasteiger charge is 2.20. The minimum atomic E-state index is 0.520. The third kappa shape index (κ3) is 3.97. The molecule has 0 aromatic heterocycles. The highest BCUT2D eigenvalue weighted by molar-refractivity contribution is 5.39. The Morgan fingerprint density at radius 2 is 2.21 bits per heavy atom. The molecule has 1 aromatic carbocycles. The van der Waals surface area contributed by atoms with Gasteiger partial charge in [0.1, 0.15) is 5.75 Å². The summed E-state index contributed by atoms with van der Waals surface area (Å²) in [5, 5.41) is 3.66. The summed E-state index contributed by atoms with van der Waals surface area (Å²) in [6, 6.07) is 7.16. The topological polar surface area (TPSA) is 21.3 Å². The molecule has 1 atom stereocenters. The molecule has 0 aliphatic heterocycles. The van der Waals surface area contributed by atoms with E-state index < -0.39 is 0 Å². The fraction of sp³-hybridized carbons (Fsp3) is 0.647. The number of rotatable bonds is 6. The van der Waals surface area contributed by atoms with Crippen molar-refractivity contribution in [1.82, 2.24) is 5.32 Å². The molecule has 0 amide bonds. The number of hydrogen-bond donors (Lipinski definition) is 1. The highest BCUT2D eigenvalue weighted by atomic mass is 16.5. The van der Waals surface area contributed by atoms with E-state index in [2.05, 4.69) is 44.3 Å². The van der Waals surface area contributed by atoms with E-state index in [-0.39, 0.29) is 0 Å². The van der Waals surface area contributed by atoms with Gasteiger partial charge >= 0.3 is 0 Å². The Morgan fingerprint density at radius 1 is 1.37 bits per heavy atom. The Hall–Kier alpha value is -1.02. The van der Waals surface area contributed by atoms with Crippen LogP contribution in [0.5, 0.6) is 5.75 Å². The average Bonchev–Trinajstić information content (AvgIpc) is 2.42. The lowest BCUT2D eigenvalue weighted by atomic mass is 9.87. The van der Waals surface area contributed by atoms with Crippen LogP contribution in [0.2, 0.25) is 0 Å². The number of hydrogen-bond acceptors (Lipinski definition) is 2. The van der Waals surface area contributed by atoms with Gasteiger partial charge in [0.25, 0.3) is 0 Å². The maximum atomic E-state index is 5.86. The molecule has 0 heterocycles. The molecule has 2 heteroatoms. The Labute approximate surface area is 117 Å². The zero-order valence-electron chi connectivity index (χ0n) is 12.5. The number of fused-ring (bicyclic) bond motifs is 1. The van der Waals surface area contributed by atoms with E-state index in [9.17, 15) is 0 Å². The molecule has 0 fully saturated rings. The third-order valence-corrected chi connectivity index (χ3v) is 3.66. The Kier molecular flexibility index (Phi) is 5.26. The smallest absolute Gasteiger partial charge is 0.119 e. The van der Waals surface area contributed by atoms with Crippen molar-refractivity contribution in [2.24, 2.45) is 5.92 Å². The summed E-state index contributed by atoms with van der Waals surface area (Å²) in [6.07, 6.45) is 4.95. The predicted molar refractivity (Wildman–Crippen MR) is 80.7 cm³/mol. The third-order valence-electron chi connectivity index (χ3n) is 3.66. The van der Waals surface area contributed by atoms with Crippen LogP contribution in [-0.4, -0.2) is 13.2 Å². The van der Waals surface area contributed by atoms with Crippen molar-refractivity contribution in [3.05, 3.63) is 29.3 Å². The number of nitrogens with one attached hydrogen (secondary N) is 1. The van der Waals surface area contributed by atoms with Crippen LogP contribution in [0.15, 0.2) is 18.2 Å². The average molecular weight is 261 g/mol. The molecule has 19 heavy (non-hydrogen) atoms. The van der Waals surface area contributed by atoms with Crippen LogP contribution >= 0.6 is 0 Å². The molecule has 1 aliphatic carbocycles. The lowest BCUT2D eigenvalue weighted by molar-refractivity contribution is 0.270. The lowest BCUT2D eigenvalue weighted by Crippen LogP contribution is -2.25. The Bertz CT molecular complexity index is 400. The molecule has 1 N–H and O–H groups in total. The van der Waals surface area contributed by atoms with Crippen molar-refractivity contribution in [3.63, 3.8) is 0 Å². The first-order chi connectivity index (χ1) is 9.20. The summed E-state index contributed by atoms with van der Waals surface area (Å²) in [4.78, 5) is 0. The maximum Gasteiger partial charge on any atom is 0.119 e. The minimum absolute atomic E-state index is 0.520. The van der Waals surface area contributed by atoms with Crippen molar-refractivity contribution in [1.29, 1.82) is 0 Å². The summed E-state index contributed by atoms with van der Waals surface area (Å²) in [7, 11) is 0. The minimum Gasteiger partial charge on any atom is -0.493 e. The molecule has 106 valence electrons. The first-order valence-corrected chi connectivity index (χ1v) is 7.69. The van der Waals surface area contributed by atoms with Crippen LogP contribution in [0.25, 0.3) is 0 Å². The zero-order valence-corrected chi connectivity index (χ0v) is 12.5. The van der Waals surface area contributed by atoms with E-state index in [1.807, 2.05) is 0 Å². The fourth-order valence-corrected chi connectivity index (χ4v) is 2.66. The molecule has 0 radical (unpaired) electrons. The summed E-state index contributed by atoms with van der Waals surface area (Å²) >= 11 is 0. The summed E-state index contributed by atoms with van der Waals surface area (Å²) in [6.45, 7) is 8.49. The summed E-state index contributed by atoms with van der Waals surface area (Å²) in [5.74, 6) is 1.60. The van der Waals surface area contributed by atoms with E-state index in [1.165, 1.54) is 36.8 Å². The van der Waals surface area contributed by atoms with Crippen LogP contribution < -0.4 is 10.1 Å². The number of benzene rings is 1. The lowest BCUT2D eigenvalue weighted by Gasteiger charge is -2.27. The largest absolute Gasteiger partial charge is 0.493 e. The van der Waals surface area contributed by atoms with Gasteiger partial charge in [-0.2, -0.15) is 0 Å². The maximum absolute atomic E-state index is 5.86. The molecule has 2 nitrogen and oxygen atoms in total. The van der Waals surface area contributed by atoms with Crippen molar-refractivity contribution >= 4 is 0 Å². The second-order valence-electron chi connectivity index (χ2n) is 5.96.